The molecule has 13 heavy (non-hydrogen) atoms. The molecule has 1 fully saturated rings. The Morgan fingerprint density at radius 1 is 1.31 bits per heavy atom. The largest absolute Gasteiger partial charge is 0.349 e. The van der Waals surface area contributed by atoms with Gasteiger partial charge in [0.25, 0.3) is 0 Å². The summed E-state index contributed by atoms with van der Waals surface area (Å²) in [6.07, 6.45) is 1.36. The summed E-state index contributed by atoms with van der Waals surface area (Å²) in [5.74, 6) is 0. The average molecular weight is 179 g/mol. The number of rotatable bonds is 3. The second kappa shape index (κ2) is 3.52. The van der Waals surface area contributed by atoms with Crippen molar-refractivity contribution in [3.8, 4) is 0 Å². The highest BCUT2D eigenvalue weighted by Gasteiger charge is 2.15. The lowest BCUT2D eigenvalue weighted by Gasteiger charge is -2.30. The quantitative estimate of drug-likeness (QED) is 0.740. The predicted molar refractivity (Wildman–Crippen MR) is 53.2 cm³/mol. The molecule has 1 aromatic heterocycles. The third-order valence-electron chi connectivity index (χ3n) is 2.87. The van der Waals surface area contributed by atoms with Gasteiger partial charge in [0.2, 0.25) is 0 Å². The molecular formula is C10H17N3. The van der Waals surface area contributed by atoms with Crippen LogP contribution in [0.25, 0.3) is 0 Å². The molecule has 0 radical (unpaired) electrons. The molecule has 1 saturated heterocycles. The molecule has 0 atom stereocenters. The van der Waals surface area contributed by atoms with Gasteiger partial charge in [-0.2, -0.15) is 0 Å². The first kappa shape index (κ1) is 8.78. The number of nitrogens with zero attached hydrogens (tertiary/aromatic N) is 2. The van der Waals surface area contributed by atoms with Crippen LogP contribution in [0.15, 0.2) is 12.1 Å². The first-order valence-electron chi connectivity index (χ1n) is 4.87. The van der Waals surface area contributed by atoms with E-state index in [0.29, 0.717) is 6.54 Å². The Morgan fingerprint density at radius 2 is 2.00 bits per heavy atom. The zero-order valence-electron chi connectivity index (χ0n) is 8.16. The summed E-state index contributed by atoms with van der Waals surface area (Å²) in [7, 11) is 2.09. The van der Waals surface area contributed by atoms with Crippen LogP contribution in [0.4, 0.5) is 0 Å². The molecule has 0 amide bonds. The summed E-state index contributed by atoms with van der Waals surface area (Å²) in [6, 6.07) is 4.30. The number of likely N-dealkylation sites (tertiary alicyclic amines) is 1. The monoisotopic (exact) mass is 179 g/mol. The first-order chi connectivity index (χ1) is 6.31. The molecule has 0 aromatic carbocycles. The third-order valence-corrected chi connectivity index (χ3v) is 2.87. The molecule has 0 saturated carbocycles. The highest BCUT2D eigenvalue weighted by molar-refractivity contribution is 5.15. The Balaban J connectivity index is 2.06. The van der Waals surface area contributed by atoms with Crippen molar-refractivity contribution in [2.24, 2.45) is 12.8 Å². The maximum Gasteiger partial charge on any atom is 0.0387 e. The van der Waals surface area contributed by atoms with Crippen LogP contribution in [0.5, 0.6) is 0 Å². The molecule has 1 aliphatic rings. The topological polar surface area (TPSA) is 34.2 Å². The average Bonchev–Trinajstić information content (AvgIpc) is 2.40. The number of aromatic nitrogens is 1. The first-order valence-corrected chi connectivity index (χ1v) is 4.87. The van der Waals surface area contributed by atoms with Gasteiger partial charge < -0.3 is 10.3 Å². The van der Waals surface area contributed by atoms with Crippen LogP contribution in [0.3, 0.4) is 0 Å². The highest BCUT2D eigenvalue weighted by Crippen LogP contribution is 2.14. The Kier molecular flexibility index (Phi) is 2.38. The van der Waals surface area contributed by atoms with E-state index in [-0.39, 0.29) is 0 Å². The maximum absolute atomic E-state index is 5.61. The zero-order chi connectivity index (χ0) is 9.26. The fourth-order valence-corrected chi connectivity index (χ4v) is 1.73. The van der Waals surface area contributed by atoms with Crippen LogP contribution >= 0.6 is 0 Å². The molecule has 2 rings (SSSR count). The normalized spacial score (nSPS) is 17.4. The van der Waals surface area contributed by atoms with E-state index in [1.165, 1.54) is 30.9 Å². The molecule has 72 valence electrons. The van der Waals surface area contributed by atoms with Crippen molar-refractivity contribution in [2.45, 2.75) is 19.5 Å². The molecular weight excluding hydrogens is 162 g/mol. The van der Waals surface area contributed by atoms with Crippen LogP contribution in [0.2, 0.25) is 0 Å². The lowest BCUT2D eigenvalue weighted by molar-refractivity contribution is 0.169. The fourth-order valence-electron chi connectivity index (χ4n) is 1.73. The van der Waals surface area contributed by atoms with E-state index in [1.807, 2.05) is 0 Å². The van der Waals surface area contributed by atoms with E-state index in [2.05, 4.69) is 28.6 Å². The van der Waals surface area contributed by atoms with E-state index in [9.17, 15) is 0 Å². The summed E-state index contributed by atoms with van der Waals surface area (Å²) >= 11 is 0. The summed E-state index contributed by atoms with van der Waals surface area (Å²) in [5, 5.41) is 0. The second-order valence-electron chi connectivity index (χ2n) is 3.71. The lowest BCUT2D eigenvalue weighted by Crippen LogP contribution is -2.36. The minimum atomic E-state index is 0.635. The Labute approximate surface area is 79.1 Å². The van der Waals surface area contributed by atoms with Gasteiger partial charge in [-0.3, -0.25) is 4.90 Å². The predicted octanol–water partition coefficient (Wildman–Crippen LogP) is 0.690. The summed E-state index contributed by atoms with van der Waals surface area (Å²) in [5.41, 5.74) is 8.20. The number of nitrogens with two attached hydrogens (primary N) is 1. The molecule has 1 aromatic rings. The fraction of sp³-hybridized carbons (Fsp3) is 0.600. The van der Waals surface area contributed by atoms with Crippen LogP contribution in [0.1, 0.15) is 17.8 Å². The van der Waals surface area contributed by atoms with Crippen molar-refractivity contribution >= 4 is 0 Å². The van der Waals surface area contributed by atoms with Crippen molar-refractivity contribution < 1.29 is 0 Å². The van der Waals surface area contributed by atoms with E-state index in [0.717, 1.165) is 6.54 Å². The molecule has 3 heteroatoms. The van der Waals surface area contributed by atoms with Gasteiger partial charge in [-0.25, -0.2) is 0 Å². The van der Waals surface area contributed by atoms with Crippen LogP contribution < -0.4 is 5.73 Å². The van der Waals surface area contributed by atoms with Crippen molar-refractivity contribution in [1.29, 1.82) is 0 Å². The summed E-state index contributed by atoms with van der Waals surface area (Å²) < 4.78 is 2.21. The molecule has 2 heterocycles. The van der Waals surface area contributed by atoms with Gasteiger partial charge in [0.15, 0.2) is 0 Å². The molecule has 0 spiro atoms. The Hall–Kier alpha value is -0.800. The van der Waals surface area contributed by atoms with Gasteiger partial charge >= 0.3 is 0 Å². The lowest BCUT2D eigenvalue weighted by atomic mass is 10.2. The zero-order valence-corrected chi connectivity index (χ0v) is 8.16. The van der Waals surface area contributed by atoms with Crippen molar-refractivity contribution in [2.75, 3.05) is 13.1 Å². The van der Waals surface area contributed by atoms with Crippen molar-refractivity contribution in [3.63, 3.8) is 0 Å². The van der Waals surface area contributed by atoms with Gasteiger partial charge in [0.1, 0.15) is 0 Å². The molecule has 0 unspecified atom stereocenters. The minimum absolute atomic E-state index is 0.635. The smallest absolute Gasteiger partial charge is 0.0387 e. The number of hydrogen-bond acceptors (Lipinski definition) is 2. The maximum atomic E-state index is 5.61. The molecule has 1 aliphatic heterocycles. The molecule has 2 N–H and O–H groups in total. The van der Waals surface area contributed by atoms with Gasteiger partial charge in [0.05, 0.1) is 0 Å². The minimum Gasteiger partial charge on any atom is -0.349 e. The van der Waals surface area contributed by atoms with E-state index in [4.69, 9.17) is 5.73 Å². The van der Waals surface area contributed by atoms with Crippen LogP contribution in [0, 0.1) is 0 Å². The van der Waals surface area contributed by atoms with Gasteiger partial charge in [-0.05, 0) is 31.6 Å². The molecule has 0 aliphatic carbocycles. The van der Waals surface area contributed by atoms with Gasteiger partial charge in [-0.1, -0.05) is 0 Å². The van der Waals surface area contributed by atoms with E-state index in [1.54, 1.807) is 0 Å². The Morgan fingerprint density at radius 3 is 2.46 bits per heavy atom. The van der Waals surface area contributed by atoms with Crippen LogP contribution in [-0.2, 0) is 20.1 Å². The molecule has 3 nitrogen and oxygen atoms in total. The van der Waals surface area contributed by atoms with Gasteiger partial charge in [-0.15, -0.1) is 0 Å². The van der Waals surface area contributed by atoms with Crippen LogP contribution in [-0.4, -0.2) is 22.6 Å². The van der Waals surface area contributed by atoms with Crippen molar-refractivity contribution in [1.82, 2.24) is 9.47 Å². The second-order valence-corrected chi connectivity index (χ2v) is 3.71. The van der Waals surface area contributed by atoms with Gasteiger partial charge in [0, 0.05) is 31.5 Å². The summed E-state index contributed by atoms with van der Waals surface area (Å²) in [6.45, 7) is 4.22. The highest BCUT2D eigenvalue weighted by atomic mass is 15.2. The third kappa shape index (κ3) is 1.62. The van der Waals surface area contributed by atoms with E-state index < -0.39 is 0 Å². The Bertz CT molecular complexity index is 286. The van der Waals surface area contributed by atoms with Crippen molar-refractivity contribution in [3.05, 3.63) is 23.5 Å². The standard InChI is InChI=1S/C10H17N3/c1-12-9(7-11)3-4-10(12)8-13-5-2-6-13/h3-4H,2,5-8,11H2,1H3. The van der Waals surface area contributed by atoms with E-state index >= 15 is 0 Å². The number of hydrogen-bond donors (Lipinski definition) is 1. The summed E-state index contributed by atoms with van der Waals surface area (Å²) in [4.78, 5) is 2.45. The molecule has 0 bridgehead atoms. The SMILES string of the molecule is Cn1c(CN)ccc1CN1CCC1.